The van der Waals surface area contributed by atoms with Crippen molar-refractivity contribution in [3.63, 3.8) is 0 Å². The lowest BCUT2D eigenvalue weighted by Crippen LogP contribution is -2.30. The molecule has 0 radical (unpaired) electrons. The second-order valence-electron chi connectivity index (χ2n) is 9.86. The number of aromatic nitrogens is 6. The smallest absolute Gasteiger partial charge is 0.273 e. The van der Waals surface area contributed by atoms with Gasteiger partial charge in [-0.2, -0.15) is 0 Å². The fourth-order valence-electron chi connectivity index (χ4n) is 4.57. The summed E-state index contributed by atoms with van der Waals surface area (Å²) in [5.74, 6) is 0.829. The number of benzene rings is 1. The number of rotatable bonds is 2. The second-order valence-corrected chi connectivity index (χ2v) is 11.1. The van der Waals surface area contributed by atoms with Gasteiger partial charge in [0, 0.05) is 16.4 Å². The molecule has 14 nitrogen and oxygen atoms in total. The van der Waals surface area contributed by atoms with Gasteiger partial charge in [0.25, 0.3) is 5.91 Å². The Labute approximate surface area is 265 Å². The van der Waals surface area contributed by atoms with Gasteiger partial charge in [-0.25, -0.2) is 29.9 Å². The van der Waals surface area contributed by atoms with Gasteiger partial charge in [0.05, 0.1) is 5.69 Å². The van der Waals surface area contributed by atoms with Crippen molar-refractivity contribution in [1.82, 2.24) is 35.2 Å². The molecule has 1 N–H and O–H groups in total. The van der Waals surface area contributed by atoms with Crippen LogP contribution in [-0.2, 0) is 12.8 Å². The summed E-state index contributed by atoms with van der Waals surface area (Å²) >= 11 is 2.23. The third kappa shape index (κ3) is 5.48. The lowest BCUT2D eigenvalue weighted by Gasteiger charge is -2.15. The Bertz CT molecular complexity index is 2160. The molecule has 45 heavy (non-hydrogen) atoms. The molecule has 1 unspecified atom stereocenters. The standard InChI is InChI=1S/C30H18IN7O7/c31-16-6-4-15(5-7-16)8-18-26-36-23(13-43-26)30-37-21(12-45-30)27-32-17(9-41-27)2-1-3-24-33-20(11-40-24)28-38-22(14-44-28)29-35-19(10-42-29)25(39)34-18/h1,3-7,9-14,18H,2,8H2,(H,34,39). The van der Waals surface area contributed by atoms with Crippen LogP contribution < -0.4 is 5.32 Å². The number of halogens is 1. The first-order valence-electron chi connectivity index (χ1n) is 13.5. The maximum atomic E-state index is 13.4. The number of fused-ring (bicyclic) bond motifs is 16. The quantitative estimate of drug-likeness (QED) is 0.201. The predicted molar refractivity (Wildman–Crippen MR) is 161 cm³/mol. The van der Waals surface area contributed by atoms with Crippen LogP contribution in [0.25, 0.3) is 52.4 Å². The van der Waals surface area contributed by atoms with E-state index in [9.17, 15) is 4.79 Å². The van der Waals surface area contributed by atoms with Crippen molar-refractivity contribution < 1.29 is 31.3 Å². The van der Waals surface area contributed by atoms with E-state index in [1.54, 1.807) is 6.08 Å². The molecular weight excluding hydrogens is 697 g/mol. The maximum Gasteiger partial charge on any atom is 0.273 e. The van der Waals surface area contributed by atoms with Crippen LogP contribution in [0.2, 0.25) is 0 Å². The molecule has 0 spiro atoms. The zero-order chi connectivity index (χ0) is 30.3. The zero-order valence-electron chi connectivity index (χ0n) is 22.8. The van der Waals surface area contributed by atoms with E-state index in [1.807, 2.05) is 30.3 Å². The molecule has 8 rings (SSSR count). The molecule has 12 bridgehead atoms. The molecule has 0 aliphatic carbocycles. The Balaban J connectivity index is 1.17. The van der Waals surface area contributed by atoms with Crippen molar-refractivity contribution in [2.75, 3.05) is 0 Å². The van der Waals surface area contributed by atoms with Gasteiger partial charge in [0.15, 0.2) is 28.5 Å². The van der Waals surface area contributed by atoms with E-state index in [2.05, 4.69) is 57.8 Å². The van der Waals surface area contributed by atoms with E-state index in [0.717, 1.165) is 9.13 Å². The number of allylic oxidation sites excluding steroid dienone is 1. The van der Waals surface area contributed by atoms with Gasteiger partial charge in [-0.15, -0.1) is 0 Å². The summed E-state index contributed by atoms with van der Waals surface area (Å²) in [5, 5.41) is 2.95. The zero-order valence-corrected chi connectivity index (χ0v) is 25.0. The van der Waals surface area contributed by atoms with Crippen LogP contribution in [0.1, 0.15) is 39.6 Å². The molecule has 15 heteroatoms. The highest BCUT2D eigenvalue weighted by Crippen LogP contribution is 2.28. The van der Waals surface area contributed by atoms with Gasteiger partial charge >= 0.3 is 0 Å². The van der Waals surface area contributed by atoms with Crippen LogP contribution in [0.5, 0.6) is 0 Å². The third-order valence-electron chi connectivity index (χ3n) is 6.76. The molecule has 1 aliphatic rings. The van der Waals surface area contributed by atoms with Crippen molar-refractivity contribution in [3.05, 3.63) is 100 Å². The molecule has 1 aliphatic heterocycles. The average Bonchev–Trinajstić information content (AvgIpc) is 3.87. The summed E-state index contributed by atoms with van der Waals surface area (Å²) in [6, 6.07) is 7.23. The Morgan fingerprint density at radius 3 is 2.00 bits per heavy atom. The number of nitrogens with zero attached hydrogens (tertiary/aromatic N) is 6. The summed E-state index contributed by atoms with van der Waals surface area (Å²) < 4.78 is 34.9. The molecule has 1 amide bonds. The fraction of sp³-hybridized carbons (Fsp3) is 0.100. The molecule has 1 aromatic carbocycles. The van der Waals surface area contributed by atoms with Crippen LogP contribution in [0.3, 0.4) is 0 Å². The molecular formula is C30H18IN7O7. The topological polar surface area (TPSA) is 185 Å². The molecule has 0 saturated carbocycles. The van der Waals surface area contributed by atoms with Crippen LogP contribution in [0.15, 0.2) is 94.4 Å². The summed E-state index contributed by atoms with van der Waals surface area (Å²) in [4.78, 5) is 40.1. The Kier molecular flexibility index (Phi) is 6.70. The van der Waals surface area contributed by atoms with Gasteiger partial charge in [-0.05, 0) is 46.4 Å². The predicted octanol–water partition coefficient (Wildman–Crippen LogP) is 6.17. The lowest BCUT2D eigenvalue weighted by atomic mass is 10.1. The van der Waals surface area contributed by atoms with Crippen molar-refractivity contribution in [2.45, 2.75) is 18.9 Å². The second kappa shape index (κ2) is 11.2. The SMILES string of the molecule is O=C1NC(Cc2ccc(I)cc2)c2nc(co2)-c2nc(co2)-c2nc(co2)CC=Cc2nc(co2)-c2nc(co2)-c2nc1co2. The lowest BCUT2D eigenvalue weighted by molar-refractivity contribution is 0.0925. The van der Waals surface area contributed by atoms with Gasteiger partial charge in [-0.1, -0.05) is 18.2 Å². The summed E-state index contributed by atoms with van der Waals surface area (Å²) in [5.41, 5.74) is 3.00. The normalized spacial score (nSPS) is 14.7. The van der Waals surface area contributed by atoms with Crippen LogP contribution in [0, 0.1) is 3.57 Å². The van der Waals surface area contributed by atoms with E-state index in [4.69, 9.17) is 26.5 Å². The maximum absolute atomic E-state index is 13.4. The Hall–Kier alpha value is -5.58. The van der Waals surface area contributed by atoms with Crippen molar-refractivity contribution in [1.29, 1.82) is 0 Å². The number of hydrogen-bond acceptors (Lipinski definition) is 13. The minimum atomic E-state index is -0.672. The molecule has 0 fully saturated rings. The Morgan fingerprint density at radius 1 is 0.667 bits per heavy atom. The minimum Gasteiger partial charge on any atom is -0.446 e. The number of oxazole rings is 6. The highest BCUT2D eigenvalue weighted by Gasteiger charge is 2.26. The first-order valence-corrected chi connectivity index (χ1v) is 14.6. The van der Waals surface area contributed by atoms with Gasteiger partial charge in [0.2, 0.25) is 35.3 Å². The summed E-state index contributed by atoms with van der Waals surface area (Å²) in [6.07, 6.45) is 12.7. The number of carbonyl (C=O) groups excluding carboxylic acids is 1. The molecule has 7 heterocycles. The molecule has 1 atom stereocenters. The van der Waals surface area contributed by atoms with Gasteiger partial charge in [0.1, 0.15) is 43.6 Å². The number of carbonyl (C=O) groups is 1. The van der Waals surface area contributed by atoms with Crippen LogP contribution in [-0.4, -0.2) is 35.8 Å². The average molecular weight is 715 g/mol. The highest BCUT2D eigenvalue weighted by atomic mass is 127. The number of amides is 1. The van der Waals surface area contributed by atoms with E-state index < -0.39 is 11.9 Å². The first kappa shape index (κ1) is 27.0. The molecule has 7 aromatic rings. The number of hydrogen-bond donors (Lipinski definition) is 1. The van der Waals surface area contributed by atoms with E-state index in [0.29, 0.717) is 41.5 Å². The monoisotopic (exact) mass is 715 g/mol. The van der Waals surface area contributed by atoms with Gasteiger partial charge < -0.3 is 31.8 Å². The fourth-order valence-corrected chi connectivity index (χ4v) is 4.93. The van der Waals surface area contributed by atoms with Crippen LogP contribution in [0.4, 0.5) is 0 Å². The summed E-state index contributed by atoms with van der Waals surface area (Å²) in [6.45, 7) is 0. The summed E-state index contributed by atoms with van der Waals surface area (Å²) in [7, 11) is 0. The van der Waals surface area contributed by atoms with E-state index in [-0.39, 0.29) is 40.8 Å². The van der Waals surface area contributed by atoms with E-state index >= 15 is 0 Å². The van der Waals surface area contributed by atoms with Gasteiger partial charge in [-0.3, -0.25) is 4.79 Å². The highest BCUT2D eigenvalue weighted by molar-refractivity contribution is 14.1. The number of nitrogens with one attached hydrogen (secondary N) is 1. The van der Waals surface area contributed by atoms with Crippen LogP contribution >= 0.6 is 22.6 Å². The molecule has 0 saturated heterocycles. The van der Waals surface area contributed by atoms with Crippen molar-refractivity contribution in [2.24, 2.45) is 0 Å². The molecule has 6 aromatic heterocycles. The minimum absolute atomic E-state index is 0.0277. The van der Waals surface area contributed by atoms with Crippen molar-refractivity contribution in [3.8, 4) is 46.3 Å². The Morgan fingerprint density at radius 2 is 1.24 bits per heavy atom. The van der Waals surface area contributed by atoms with Crippen molar-refractivity contribution >= 4 is 34.6 Å². The van der Waals surface area contributed by atoms with E-state index in [1.165, 1.54) is 37.6 Å². The largest absolute Gasteiger partial charge is 0.446 e. The first-order chi connectivity index (χ1) is 22.0. The molecule has 222 valence electrons. The third-order valence-corrected chi connectivity index (χ3v) is 7.48.